The van der Waals surface area contributed by atoms with Gasteiger partial charge in [-0.1, -0.05) is 0 Å². The highest BCUT2D eigenvalue weighted by atomic mass is 19.4. The number of urea groups is 1. The van der Waals surface area contributed by atoms with Crippen LogP contribution in [0.4, 0.5) is 29.3 Å². The Bertz CT molecular complexity index is 757. The van der Waals surface area contributed by atoms with E-state index in [2.05, 4.69) is 15.2 Å². The second-order valence-corrected chi connectivity index (χ2v) is 6.02. The Kier molecular flexibility index (Phi) is 4.96. The number of nitrogens with zero attached hydrogens (tertiary/aromatic N) is 2. The predicted molar refractivity (Wildman–Crippen MR) is 90.9 cm³/mol. The molecule has 2 heterocycles. The molecule has 2 N–H and O–H groups in total. The summed E-state index contributed by atoms with van der Waals surface area (Å²) in [6.07, 6.45) is 2.32. The van der Waals surface area contributed by atoms with Crippen molar-refractivity contribution in [1.29, 1.82) is 0 Å². The summed E-state index contributed by atoms with van der Waals surface area (Å²) in [4.78, 5) is 18.1. The molecule has 1 aromatic heterocycles. The van der Waals surface area contributed by atoms with E-state index >= 15 is 0 Å². The van der Waals surface area contributed by atoms with Crippen LogP contribution in [-0.2, 0) is 0 Å². The summed E-state index contributed by atoms with van der Waals surface area (Å²) in [6, 6.07) is 4.57. The molecular weight excluding hydrogens is 333 g/mol. The second-order valence-electron chi connectivity index (χ2n) is 6.02. The van der Waals surface area contributed by atoms with Crippen LogP contribution in [-0.4, -0.2) is 36.8 Å². The lowest BCUT2D eigenvalue weighted by molar-refractivity contribution is -0.122. The molecular formula is C17H19F3N4O. The standard InChI is InChI=1S/C17H19F3N4O/c18-17(19,20)11-22-16(25)23-14-4-5-15(24-8-2-1-3-9-24)12-6-7-21-10-13(12)14/h4-7,10H,1-3,8-9,11H2,(H2,22,23,25). The number of amides is 2. The van der Waals surface area contributed by atoms with Gasteiger partial charge in [0, 0.05) is 41.9 Å². The lowest BCUT2D eigenvalue weighted by atomic mass is 10.1. The maximum Gasteiger partial charge on any atom is 0.405 e. The van der Waals surface area contributed by atoms with Gasteiger partial charge in [-0.05, 0) is 37.5 Å². The Morgan fingerprint density at radius 3 is 2.60 bits per heavy atom. The topological polar surface area (TPSA) is 57.3 Å². The van der Waals surface area contributed by atoms with Crippen molar-refractivity contribution in [2.45, 2.75) is 25.4 Å². The number of pyridine rings is 1. The smallest absolute Gasteiger partial charge is 0.371 e. The zero-order chi connectivity index (χ0) is 17.9. The average molecular weight is 352 g/mol. The van der Waals surface area contributed by atoms with Gasteiger partial charge in [0.1, 0.15) is 6.54 Å². The van der Waals surface area contributed by atoms with E-state index in [9.17, 15) is 18.0 Å². The third kappa shape index (κ3) is 4.32. The van der Waals surface area contributed by atoms with E-state index in [4.69, 9.17) is 0 Å². The number of hydrogen-bond acceptors (Lipinski definition) is 3. The molecule has 0 bridgehead atoms. The highest BCUT2D eigenvalue weighted by Gasteiger charge is 2.27. The van der Waals surface area contributed by atoms with Gasteiger partial charge >= 0.3 is 12.2 Å². The van der Waals surface area contributed by atoms with Gasteiger partial charge in [0.2, 0.25) is 0 Å². The molecule has 0 saturated carbocycles. The lowest BCUT2D eigenvalue weighted by Gasteiger charge is -2.30. The third-order valence-corrected chi connectivity index (χ3v) is 4.19. The van der Waals surface area contributed by atoms with Crippen molar-refractivity contribution in [3.05, 3.63) is 30.6 Å². The fraction of sp³-hybridized carbons (Fsp3) is 0.412. The first-order valence-corrected chi connectivity index (χ1v) is 8.17. The Labute approximate surface area is 143 Å². The van der Waals surface area contributed by atoms with Gasteiger partial charge in [0.15, 0.2) is 0 Å². The fourth-order valence-corrected chi connectivity index (χ4v) is 3.04. The molecule has 25 heavy (non-hydrogen) atoms. The average Bonchev–Trinajstić information content (AvgIpc) is 2.60. The molecule has 2 amide bonds. The zero-order valence-corrected chi connectivity index (χ0v) is 13.6. The molecule has 3 rings (SSSR count). The minimum atomic E-state index is -4.45. The minimum absolute atomic E-state index is 0.434. The van der Waals surface area contributed by atoms with Gasteiger partial charge in [0.05, 0.1) is 5.69 Å². The number of nitrogens with one attached hydrogen (secondary N) is 2. The van der Waals surface area contributed by atoms with Crippen LogP contribution in [0.25, 0.3) is 10.8 Å². The largest absolute Gasteiger partial charge is 0.405 e. The van der Waals surface area contributed by atoms with Crippen molar-refractivity contribution in [3.63, 3.8) is 0 Å². The van der Waals surface area contributed by atoms with Gasteiger partial charge in [-0.2, -0.15) is 13.2 Å². The normalized spacial score (nSPS) is 15.2. The summed E-state index contributed by atoms with van der Waals surface area (Å²) in [6.45, 7) is 0.563. The van der Waals surface area contributed by atoms with Gasteiger partial charge < -0.3 is 15.5 Å². The first-order chi connectivity index (χ1) is 11.9. The number of piperidine rings is 1. The van der Waals surface area contributed by atoms with Crippen LogP contribution in [0.1, 0.15) is 19.3 Å². The fourth-order valence-electron chi connectivity index (χ4n) is 3.04. The third-order valence-electron chi connectivity index (χ3n) is 4.19. The molecule has 1 saturated heterocycles. The SMILES string of the molecule is O=C(NCC(F)(F)F)Nc1ccc(N2CCCCC2)c2ccncc12. The number of fused-ring (bicyclic) bond motifs is 1. The van der Waals surface area contributed by atoms with Crippen LogP contribution in [0.2, 0.25) is 0 Å². The van der Waals surface area contributed by atoms with Gasteiger partial charge in [0.25, 0.3) is 0 Å². The molecule has 0 radical (unpaired) electrons. The molecule has 0 atom stereocenters. The number of anilines is 2. The molecule has 0 unspecified atom stereocenters. The monoisotopic (exact) mass is 352 g/mol. The summed E-state index contributed by atoms with van der Waals surface area (Å²) in [5.74, 6) is 0. The van der Waals surface area contributed by atoms with Gasteiger partial charge in [-0.3, -0.25) is 4.98 Å². The maximum atomic E-state index is 12.2. The van der Waals surface area contributed by atoms with Crippen molar-refractivity contribution in [2.24, 2.45) is 0 Å². The van der Waals surface area contributed by atoms with Crippen molar-refractivity contribution in [3.8, 4) is 0 Å². The molecule has 2 aromatic rings. The molecule has 1 fully saturated rings. The number of carbonyl (C=O) groups is 1. The lowest BCUT2D eigenvalue weighted by Crippen LogP contribution is -2.36. The Hall–Kier alpha value is -2.51. The predicted octanol–water partition coefficient (Wildman–Crippen LogP) is 3.91. The molecule has 134 valence electrons. The second kappa shape index (κ2) is 7.16. The van der Waals surface area contributed by atoms with Crippen LogP contribution in [0.15, 0.2) is 30.6 Å². The molecule has 0 aliphatic carbocycles. The first kappa shape index (κ1) is 17.3. The van der Waals surface area contributed by atoms with E-state index in [1.54, 1.807) is 18.5 Å². The van der Waals surface area contributed by atoms with Crippen molar-refractivity contribution in [1.82, 2.24) is 10.3 Å². The van der Waals surface area contributed by atoms with E-state index in [0.29, 0.717) is 11.1 Å². The number of alkyl halides is 3. The van der Waals surface area contributed by atoms with Gasteiger partial charge in [-0.25, -0.2) is 4.79 Å². The van der Waals surface area contributed by atoms with Crippen molar-refractivity contribution >= 4 is 28.2 Å². The summed E-state index contributed by atoms with van der Waals surface area (Å²) >= 11 is 0. The number of halogens is 3. The van der Waals surface area contributed by atoms with E-state index in [1.807, 2.05) is 17.4 Å². The highest BCUT2D eigenvalue weighted by molar-refractivity contribution is 6.06. The van der Waals surface area contributed by atoms with E-state index < -0.39 is 18.8 Å². The molecule has 1 aliphatic heterocycles. The molecule has 1 aliphatic rings. The molecule has 1 aromatic carbocycles. The Balaban J connectivity index is 1.84. The number of hydrogen-bond donors (Lipinski definition) is 2. The summed E-state index contributed by atoms with van der Waals surface area (Å²) in [5, 5.41) is 5.91. The summed E-state index contributed by atoms with van der Waals surface area (Å²) in [7, 11) is 0. The van der Waals surface area contributed by atoms with Crippen LogP contribution in [0.3, 0.4) is 0 Å². The summed E-state index contributed by atoms with van der Waals surface area (Å²) in [5.41, 5.74) is 1.49. The highest BCUT2D eigenvalue weighted by Crippen LogP contribution is 2.33. The number of rotatable bonds is 3. The first-order valence-electron chi connectivity index (χ1n) is 8.17. The molecule has 0 spiro atoms. The number of benzene rings is 1. The van der Waals surface area contributed by atoms with Crippen LogP contribution < -0.4 is 15.5 Å². The van der Waals surface area contributed by atoms with E-state index in [0.717, 1.165) is 37.0 Å². The van der Waals surface area contributed by atoms with Crippen molar-refractivity contribution in [2.75, 3.05) is 29.9 Å². The van der Waals surface area contributed by atoms with E-state index in [-0.39, 0.29) is 0 Å². The van der Waals surface area contributed by atoms with Crippen molar-refractivity contribution < 1.29 is 18.0 Å². The van der Waals surface area contributed by atoms with Crippen LogP contribution in [0, 0.1) is 0 Å². The zero-order valence-electron chi connectivity index (χ0n) is 13.6. The van der Waals surface area contributed by atoms with Crippen LogP contribution in [0.5, 0.6) is 0 Å². The summed E-state index contributed by atoms with van der Waals surface area (Å²) < 4.78 is 36.6. The van der Waals surface area contributed by atoms with Gasteiger partial charge in [-0.15, -0.1) is 0 Å². The molecule has 8 heteroatoms. The number of carbonyl (C=O) groups excluding carboxylic acids is 1. The van der Waals surface area contributed by atoms with E-state index in [1.165, 1.54) is 6.42 Å². The van der Waals surface area contributed by atoms with Crippen LogP contribution >= 0.6 is 0 Å². The minimum Gasteiger partial charge on any atom is -0.371 e. The maximum absolute atomic E-state index is 12.2. The Morgan fingerprint density at radius 2 is 1.88 bits per heavy atom. The number of aromatic nitrogens is 1. The Morgan fingerprint density at radius 1 is 1.12 bits per heavy atom. The molecule has 5 nitrogen and oxygen atoms in total. The quantitative estimate of drug-likeness (QED) is 0.881.